The van der Waals surface area contributed by atoms with Gasteiger partial charge in [-0.15, -0.1) is 0 Å². The molecule has 1 aliphatic heterocycles. The SMILES string of the molecule is CCc1cc(Cl)c2c(c1Cl)C(=O)N(Cc1c(C)cc(C)nc1OCc1ccccc1)CC2. The quantitative estimate of drug-likeness (QED) is 0.423. The Morgan fingerprint density at radius 3 is 2.59 bits per heavy atom. The number of halogens is 2. The van der Waals surface area contributed by atoms with Crippen LogP contribution in [0.2, 0.25) is 10.0 Å². The maximum atomic E-state index is 13.5. The van der Waals surface area contributed by atoms with E-state index in [0.29, 0.717) is 47.6 Å². The third kappa shape index (κ3) is 4.48. The van der Waals surface area contributed by atoms with Crippen molar-refractivity contribution >= 4 is 29.1 Å². The lowest BCUT2D eigenvalue weighted by Crippen LogP contribution is -2.38. The van der Waals surface area contributed by atoms with Crippen LogP contribution in [0.5, 0.6) is 5.88 Å². The molecule has 3 aromatic rings. The van der Waals surface area contributed by atoms with Gasteiger partial charge in [-0.25, -0.2) is 4.98 Å². The van der Waals surface area contributed by atoms with Gasteiger partial charge in [-0.05, 0) is 61.1 Å². The van der Waals surface area contributed by atoms with Crippen molar-refractivity contribution in [2.75, 3.05) is 6.54 Å². The summed E-state index contributed by atoms with van der Waals surface area (Å²) in [5.74, 6) is 0.471. The van der Waals surface area contributed by atoms with Gasteiger partial charge in [0.25, 0.3) is 5.91 Å². The van der Waals surface area contributed by atoms with Crippen LogP contribution in [0.1, 0.15) is 50.8 Å². The van der Waals surface area contributed by atoms with Crippen LogP contribution < -0.4 is 4.74 Å². The number of aryl methyl sites for hydroxylation is 3. The number of hydrogen-bond donors (Lipinski definition) is 0. The highest BCUT2D eigenvalue weighted by Gasteiger charge is 2.31. The molecule has 32 heavy (non-hydrogen) atoms. The smallest absolute Gasteiger partial charge is 0.256 e. The van der Waals surface area contributed by atoms with E-state index in [9.17, 15) is 4.79 Å². The number of pyridine rings is 1. The van der Waals surface area contributed by atoms with Gasteiger partial charge in [-0.3, -0.25) is 4.79 Å². The molecule has 0 fully saturated rings. The van der Waals surface area contributed by atoms with Crippen LogP contribution in [-0.2, 0) is 26.0 Å². The number of nitrogens with zero attached hydrogens (tertiary/aromatic N) is 2. The zero-order valence-corrected chi connectivity index (χ0v) is 20.1. The highest BCUT2D eigenvalue weighted by Crippen LogP contribution is 2.36. The monoisotopic (exact) mass is 468 g/mol. The van der Waals surface area contributed by atoms with E-state index in [0.717, 1.165) is 39.9 Å². The molecule has 0 aliphatic carbocycles. The fourth-order valence-corrected chi connectivity index (χ4v) is 4.86. The van der Waals surface area contributed by atoms with Crippen LogP contribution in [0.25, 0.3) is 0 Å². The first-order valence-electron chi connectivity index (χ1n) is 10.8. The molecular weight excluding hydrogens is 443 g/mol. The summed E-state index contributed by atoms with van der Waals surface area (Å²) in [4.78, 5) is 19.9. The molecule has 2 heterocycles. The number of hydrogen-bond acceptors (Lipinski definition) is 3. The lowest BCUT2D eigenvalue weighted by Gasteiger charge is -2.31. The molecule has 1 aliphatic rings. The second-order valence-electron chi connectivity index (χ2n) is 8.15. The molecule has 4 nitrogen and oxygen atoms in total. The zero-order chi connectivity index (χ0) is 22.8. The van der Waals surface area contributed by atoms with Crippen LogP contribution >= 0.6 is 23.2 Å². The molecule has 2 aromatic carbocycles. The Labute approximate surface area is 199 Å². The molecule has 0 N–H and O–H groups in total. The van der Waals surface area contributed by atoms with Gasteiger partial charge < -0.3 is 9.64 Å². The normalized spacial score (nSPS) is 13.3. The van der Waals surface area contributed by atoms with E-state index in [1.807, 2.05) is 68.1 Å². The predicted molar refractivity (Wildman–Crippen MR) is 129 cm³/mol. The van der Waals surface area contributed by atoms with Gasteiger partial charge in [0.1, 0.15) is 6.61 Å². The predicted octanol–water partition coefficient (Wildman–Crippen LogP) is 6.35. The first kappa shape index (κ1) is 22.6. The van der Waals surface area contributed by atoms with E-state index in [-0.39, 0.29) is 5.91 Å². The molecular formula is C26H26Cl2N2O2. The number of carbonyl (C=O) groups excluding carboxylic acids is 1. The fourth-order valence-electron chi connectivity index (χ4n) is 4.16. The van der Waals surface area contributed by atoms with E-state index in [1.54, 1.807) is 0 Å². The topological polar surface area (TPSA) is 42.4 Å². The van der Waals surface area contributed by atoms with Gasteiger partial charge in [0.05, 0.1) is 17.1 Å². The third-order valence-corrected chi connectivity index (χ3v) is 6.68. The van der Waals surface area contributed by atoms with Crippen LogP contribution in [-0.4, -0.2) is 22.3 Å². The summed E-state index contributed by atoms with van der Waals surface area (Å²) in [5.41, 5.74) is 6.18. The third-order valence-electron chi connectivity index (χ3n) is 5.91. The van der Waals surface area contributed by atoms with Crippen molar-refractivity contribution in [2.45, 2.75) is 46.8 Å². The van der Waals surface area contributed by atoms with E-state index < -0.39 is 0 Å². The summed E-state index contributed by atoms with van der Waals surface area (Å²) in [5, 5.41) is 1.13. The number of carbonyl (C=O) groups is 1. The van der Waals surface area contributed by atoms with Gasteiger partial charge in [-0.1, -0.05) is 60.5 Å². The van der Waals surface area contributed by atoms with Crippen molar-refractivity contribution in [1.82, 2.24) is 9.88 Å². The number of fused-ring (bicyclic) bond motifs is 1. The minimum atomic E-state index is -0.0950. The van der Waals surface area contributed by atoms with Gasteiger partial charge in [0, 0.05) is 22.8 Å². The summed E-state index contributed by atoms with van der Waals surface area (Å²) < 4.78 is 6.11. The maximum absolute atomic E-state index is 13.5. The maximum Gasteiger partial charge on any atom is 0.256 e. The number of ether oxygens (including phenoxy) is 1. The molecule has 166 valence electrons. The summed E-state index contributed by atoms with van der Waals surface area (Å²) in [6, 6.07) is 13.9. The average molecular weight is 469 g/mol. The van der Waals surface area contributed by atoms with Crippen LogP contribution in [0.15, 0.2) is 42.5 Å². The van der Waals surface area contributed by atoms with Gasteiger partial charge in [0.2, 0.25) is 5.88 Å². The number of amides is 1. The molecule has 1 aromatic heterocycles. The first-order valence-corrected chi connectivity index (χ1v) is 11.6. The first-order chi connectivity index (χ1) is 15.4. The van der Waals surface area contributed by atoms with Gasteiger partial charge in [-0.2, -0.15) is 0 Å². The average Bonchev–Trinajstić information content (AvgIpc) is 2.78. The molecule has 0 spiro atoms. The van der Waals surface area contributed by atoms with E-state index in [2.05, 4.69) is 4.98 Å². The molecule has 4 rings (SSSR count). The molecule has 1 amide bonds. The Hall–Kier alpha value is -2.56. The summed E-state index contributed by atoms with van der Waals surface area (Å²) in [6.45, 7) is 7.38. The van der Waals surface area contributed by atoms with Gasteiger partial charge in [0.15, 0.2) is 0 Å². The summed E-state index contributed by atoms with van der Waals surface area (Å²) in [7, 11) is 0. The molecule has 0 saturated heterocycles. The van der Waals surface area contributed by atoms with Crippen molar-refractivity contribution in [3.8, 4) is 5.88 Å². The van der Waals surface area contributed by atoms with E-state index >= 15 is 0 Å². The second kappa shape index (κ2) is 9.51. The Morgan fingerprint density at radius 2 is 1.88 bits per heavy atom. The van der Waals surface area contributed by atoms with Crippen LogP contribution in [0, 0.1) is 13.8 Å². The minimum absolute atomic E-state index is 0.0950. The zero-order valence-electron chi connectivity index (χ0n) is 18.5. The summed E-state index contributed by atoms with van der Waals surface area (Å²) in [6.07, 6.45) is 1.39. The lowest BCUT2D eigenvalue weighted by atomic mass is 9.95. The Balaban J connectivity index is 1.63. The Bertz CT molecular complexity index is 1160. The Morgan fingerprint density at radius 1 is 1.12 bits per heavy atom. The van der Waals surface area contributed by atoms with E-state index in [1.165, 1.54) is 0 Å². The van der Waals surface area contributed by atoms with Crippen molar-refractivity contribution in [3.05, 3.63) is 91.6 Å². The Kier molecular flexibility index (Phi) is 6.73. The van der Waals surface area contributed by atoms with Crippen molar-refractivity contribution in [2.24, 2.45) is 0 Å². The molecule has 0 bridgehead atoms. The molecule has 0 atom stereocenters. The van der Waals surface area contributed by atoms with Crippen molar-refractivity contribution in [1.29, 1.82) is 0 Å². The molecule has 0 radical (unpaired) electrons. The fraction of sp³-hybridized carbons (Fsp3) is 0.308. The molecule has 0 unspecified atom stereocenters. The molecule has 0 saturated carbocycles. The van der Waals surface area contributed by atoms with Crippen molar-refractivity contribution < 1.29 is 9.53 Å². The number of rotatable bonds is 6. The number of benzene rings is 2. The minimum Gasteiger partial charge on any atom is -0.473 e. The van der Waals surface area contributed by atoms with Gasteiger partial charge >= 0.3 is 0 Å². The second-order valence-corrected chi connectivity index (χ2v) is 8.94. The van der Waals surface area contributed by atoms with E-state index in [4.69, 9.17) is 27.9 Å². The van der Waals surface area contributed by atoms with Crippen LogP contribution in [0.4, 0.5) is 0 Å². The lowest BCUT2D eigenvalue weighted by molar-refractivity contribution is 0.0725. The number of aromatic nitrogens is 1. The van der Waals surface area contributed by atoms with Crippen molar-refractivity contribution in [3.63, 3.8) is 0 Å². The standard InChI is InChI=1S/C26H26Cl2N2O2/c1-4-19-13-22(27)20-10-11-30(26(31)23(20)24(19)28)14-21-16(2)12-17(3)29-25(21)32-15-18-8-6-5-7-9-18/h5-9,12-13H,4,10-11,14-15H2,1-3H3. The molecule has 6 heteroatoms. The highest BCUT2D eigenvalue weighted by atomic mass is 35.5. The largest absolute Gasteiger partial charge is 0.473 e. The van der Waals surface area contributed by atoms with Crippen LogP contribution in [0.3, 0.4) is 0 Å². The highest BCUT2D eigenvalue weighted by molar-refractivity contribution is 6.37. The summed E-state index contributed by atoms with van der Waals surface area (Å²) >= 11 is 13.1.